The molecule has 0 bridgehead atoms. The molecule has 0 saturated heterocycles. The molecule has 19 heteroatoms. The van der Waals surface area contributed by atoms with Gasteiger partial charge in [0, 0.05) is 24.4 Å². The van der Waals surface area contributed by atoms with Gasteiger partial charge in [0.15, 0.2) is 0 Å². The summed E-state index contributed by atoms with van der Waals surface area (Å²) in [7, 11) is 1.79. The molecule has 1 aromatic heterocycles. The second-order valence-corrected chi connectivity index (χ2v) is 7.64. The van der Waals surface area contributed by atoms with Gasteiger partial charge in [-0.1, -0.05) is 6.07 Å². The molecule has 0 spiro atoms. The number of carbonyl (C=O) groups excluding carboxylic acids is 2. The van der Waals surface area contributed by atoms with Crippen molar-refractivity contribution < 1.29 is 59.6 Å². The molecule has 12 nitrogen and oxygen atoms in total. The van der Waals surface area contributed by atoms with E-state index in [4.69, 9.17) is 0 Å². The number of nitro groups is 2. The Kier molecular flexibility index (Phi) is 9.73. The maximum atomic E-state index is 13.3. The Labute approximate surface area is 227 Å². The fourth-order valence-electron chi connectivity index (χ4n) is 3.26. The number of carbonyl (C=O) groups is 2. The number of ether oxygens (including phenoxy) is 2. The molecule has 0 aliphatic heterocycles. The SMILES string of the molecule is COC(=O)c1cc(-n2ccccc2=O)c(C(F)(F)F)cc1[N+](=O)[O-].COC(=O)c1cc(F)c(C(F)(F)F)cc1[N+](=O)[O-]. The van der Waals surface area contributed by atoms with Gasteiger partial charge in [0.25, 0.3) is 16.9 Å². The van der Waals surface area contributed by atoms with Crippen LogP contribution in [0.15, 0.2) is 53.5 Å². The van der Waals surface area contributed by atoms with Crippen LogP contribution >= 0.6 is 0 Å². The number of benzene rings is 2. The number of esters is 2. The molecule has 42 heavy (non-hydrogen) atoms. The van der Waals surface area contributed by atoms with Gasteiger partial charge in [-0.15, -0.1) is 0 Å². The first-order valence-corrected chi connectivity index (χ1v) is 10.6. The summed E-state index contributed by atoms with van der Waals surface area (Å²) in [5.74, 6) is -4.27. The molecular formula is C23H14F7N3O9. The van der Waals surface area contributed by atoms with E-state index in [-0.39, 0.29) is 18.2 Å². The molecule has 0 aliphatic rings. The Morgan fingerprint density at radius 1 is 0.786 bits per heavy atom. The maximum absolute atomic E-state index is 13.3. The minimum absolute atomic E-state index is 0.0401. The van der Waals surface area contributed by atoms with Crippen LogP contribution in [0.1, 0.15) is 31.8 Å². The van der Waals surface area contributed by atoms with Crippen molar-refractivity contribution in [3.05, 3.63) is 107 Å². The predicted molar refractivity (Wildman–Crippen MR) is 124 cm³/mol. The van der Waals surface area contributed by atoms with Crippen molar-refractivity contribution >= 4 is 23.3 Å². The van der Waals surface area contributed by atoms with Gasteiger partial charge >= 0.3 is 24.3 Å². The zero-order chi connectivity index (χ0) is 32.2. The molecule has 3 aromatic rings. The Morgan fingerprint density at radius 3 is 1.64 bits per heavy atom. The largest absolute Gasteiger partial charge is 0.465 e. The number of pyridine rings is 1. The summed E-state index contributed by atoms with van der Waals surface area (Å²) in [6, 6.07) is 4.56. The normalized spacial score (nSPS) is 11.2. The van der Waals surface area contributed by atoms with Crippen molar-refractivity contribution in [3.63, 3.8) is 0 Å². The van der Waals surface area contributed by atoms with Gasteiger partial charge in [-0.25, -0.2) is 14.0 Å². The van der Waals surface area contributed by atoms with Crippen LogP contribution in [0.25, 0.3) is 5.69 Å². The molecule has 0 N–H and O–H groups in total. The smallest absolute Gasteiger partial charge is 0.419 e. The predicted octanol–water partition coefficient (Wildman–Crippen LogP) is 5.09. The van der Waals surface area contributed by atoms with Gasteiger partial charge in [-0.2, -0.15) is 26.3 Å². The first-order chi connectivity index (χ1) is 19.3. The third-order valence-corrected chi connectivity index (χ3v) is 5.10. The van der Waals surface area contributed by atoms with E-state index in [0.717, 1.165) is 26.5 Å². The number of hydrogen-bond acceptors (Lipinski definition) is 9. The van der Waals surface area contributed by atoms with Gasteiger partial charge in [-0.3, -0.25) is 29.6 Å². The molecule has 1 heterocycles. The number of nitrogens with zero attached hydrogens (tertiary/aromatic N) is 3. The van der Waals surface area contributed by atoms with Crippen LogP contribution in [-0.2, 0) is 21.8 Å². The summed E-state index contributed by atoms with van der Waals surface area (Å²) < 4.78 is 99.0. The minimum Gasteiger partial charge on any atom is -0.465 e. The summed E-state index contributed by atoms with van der Waals surface area (Å²) in [6.45, 7) is 0. The molecule has 0 aliphatic carbocycles. The fourth-order valence-corrected chi connectivity index (χ4v) is 3.26. The summed E-state index contributed by atoms with van der Waals surface area (Å²) in [6.07, 6.45) is -9.02. The number of hydrogen-bond donors (Lipinski definition) is 0. The average Bonchev–Trinajstić information content (AvgIpc) is 2.90. The van der Waals surface area contributed by atoms with Crippen LogP contribution in [-0.4, -0.2) is 40.6 Å². The van der Waals surface area contributed by atoms with Gasteiger partial charge in [0.1, 0.15) is 16.9 Å². The Hall–Kier alpha value is -5.36. The molecule has 0 atom stereocenters. The van der Waals surface area contributed by atoms with Gasteiger partial charge < -0.3 is 9.47 Å². The fraction of sp³-hybridized carbons (Fsp3) is 0.174. The number of aromatic nitrogens is 1. The quantitative estimate of drug-likeness (QED) is 0.166. The molecule has 0 amide bonds. The van der Waals surface area contributed by atoms with Crippen molar-refractivity contribution in [2.45, 2.75) is 12.4 Å². The Bertz CT molecular complexity index is 1620. The zero-order valence-corrected chi connectivity index (χ0v) is 20.8. The van der Waals surface area contributed by atoms with Crippen molar-refractivity contribution in [3.8, 4) is 5.69 Å². The van der Waals surface area contributed by atoms with Crippen LogP contribution in [0.3, 0.4) is 0 Å². The zero-order valence-electron chi connectivity index (χ0n) is 20.8. The van der Waals surface area contributed by atoms with Crippen molar-refractivity contribution in [1.29, 1.82) is 0 Å². The molecule has 224 valence electrons. The lowest BCUT2D eigenvalue weighted by Crippen LogP contribution is -2.21. The third-order valence-electron chi connectivity index (χ3n) is 5.10. The van der Waals surface area contributed by atoms with Crippen LogP contribution in [0, 0.1) is 26.0 Å². The lowest BCUT2D eigenvalue weighted by molar-refractivity contribution is -0.385. The topological polar surface area (TPSA) is 161 Å². The molecule has 2 aromatic carbocycles. The summed E-state index contributed by atoms with van der Waals surface area (Å²) in [4.78, 5) is 53.8. The van der Waals surface area contributed by atoms with E-state index in [2.05, 4.69) is 9.47 Å². The van der Waals surface area contributed by atoms with E-state index in [1.165, 1.54) is 12.1 Å². The van der Waals surface area contributed by atoms with Gasteiger partial charge in [-0.05, 0) is 18.2 Å². The summed E-state index contributed by atoms with van der Waals surface area (Å²) in [5, 5.41) is 21.5. The summed E-state index contributed by atoms with van der Waals surface area (Å²) >= 11 is 0. The average molecular weight is 609 g/mol. The Morgan fingerprint density at radius 2 is 1.24 bits per heavy atom. The first kappa shape index (κ1) is 32.8. The Balaban J connectivity index is 0.000000307. The van der Waals surface area contributed by atoms with Crippen molar-refractivity contribution in [2.75, 3.05) is 14.2 Å². The van der Waals surface area contributed by atoms with Crippen LogP contribution in [0.2, 0.25) is 0 Å². The van der Waals surface area contributed by atoms with Crippen molar-refractivity contribution in [2.24, 2.45) is 0 Å². The highest BCUT2D eigenvalue weighted by Gasteiger charge is 2.39. The van der Waals surface area contributed by atoms with Gasteiger partial charge in [0.05, 0.1) is 40.9 Å². The number of rotatable bonds is 5. The molecular weight excluding hydrogens is 595 g/mol. The van der Waals surface area contributed by atoms with Gasteiger partial charge in [0.2, 0.25) is 0 Å². The highest BCUT2D eigenvalue weighted by molar-refractivity contribution is 5.95. The number of methoxy groups -OCH3 is 2. The van der Waals surface area contributed by atoms with Crippen LogP contribution in [0.4, 0.5) is 42.1 Å². The summed E-state index contributed by atoms with van der Waals surface area (Å²) in [5.41, 5.74) is -8.56. The third kappa shape index (κ3) is 7.23. The molecule has 0 radical (unpaired) electrons. The van der Waals surface area contributed by atoms with E-state index in [1.54, 1.807) is 0 Å². The second-order valence-electron chi connectivity index (χ2n) is 7.64. The molecule has 0 unspecified atom stereocenters. The lowest BCUT2D eigenvalue weighted by Gasteiger charge is -2.15. The standard InChI is InChI=1S/C14H9F3N2O5.C9H5F4NO4/c1-24-13(21)8-6-11(18-5-3-2-4-12(18)20)9(14(15,16)17)7-10(8)19(22)23;1-18-8(15)4-2-6(10)5(9(11,12)13)3-7(4)14(16)17/h2-7H,1H3;2-3H,1H3. The van der Waals surface area contributed by atoms with E-state index in [9.17, 15) is 65.3 Å². The number of nitro benzene ring substituents is 2. The van der Waals surface area contributed by atoms with E-state index >= 15 is 0 Å². The highest BCUT2D eigenvalue weighted by Crippen LogP contribution is 2.38. The molecule has 3 rings (SSSR count). The maximum Gasteiger partial charge on any atom is 0.419 e. The molecule has 0 fully saturated rings. The molecule has 0 saturated carbocycles. The lowest BCUT2D eigenvalue weighted by atomic mass is 10.1. The first-order valence-electron chi connectivity index (χ1n) is 10.6. The van der Waals surface area contributed by atoms with Crippen LogP contribution in [0.5, 0.6) is 0 Å². The monoisotopic (exact) mass is 609 g/mol. The number of alkyl halides is 6. The number of halogens is 7. The minimum atomic E-state index is -5.09. The van der Waals surface area contributed by atoms with E-state index < -0.39 is 84.8 Å². The van der Waals surface area contributed by atoms with E-state index in [0.29, 0.717) is 10.6 Å². The van der Waals surface area contributed by atoms with Crippen molar-refractivity contribution in [1.82, 2.24) is 4.57 Å². The van der Waals surface area contributed by atoms with Crippen LogP contribution < -0.4 is 5.56 Å². The highest BCUT2D eigenvalue weighted by atomic mass is 19.4. The van der Waals surface area contributed by atoms with E-state index in [1.807, 2.05) is 0 Å². The second kappa shape index (κ2) is 12.4.